The standard InChI is InChI=1S/C32H41N5O5/c1-41-25-11-7-12-26(21-25)42-30-13-6-5-10-24(30)20-29(38)28(15-14-23-8-3-2-4-9-23)36-32(40)27(35)22-31(39)37(18-16-33)19-17-34/h2-13,21,27-28H,14-20,22,33-35H2,1H3,(H,36,40)/t27-,28-/m0/s1. The van der Waals surface area contributed by atoms with E-state index >= 15 is 0 Å². The number of carbonyl (C=O) groups excluding carboxylic acids is 3. The number of carbonyl (C=O) groups is 3. The highest BCUT2D eigenvalue weighted by molar-refractivity contribution is 5.94. The van der Waals surface area contributed by atoms with Gasteiger partial charge in [-0.25, -0.2) is 0 Å². The number of aryl methyl sites for hydroxylation is 1. The molecule has 0 aliphatic rings. The van der Waals surface area contributed by atoms with Crippen molar-refractivity contribution in [3.63, 3.8) is 0 Å². The van der Waals surface area contributed by atoms with Crippen molar-refractivity contribution in [1.82, 2.24) is 10.2 Å². The minimum atomic E-state index is -1.13. The van der Waals surface area contributed by atoms with E-state index in [1.807, 2.05) is 60.7 Å². The first kappa shape index (κ1) is 32.3. The van der Waals surface area contributed by atoms with Crippen molar-refractivity contribution >= 4 is 17.6 Å². The van der Waals surface area contributed by atoms with Crippen molar-refractivity contribution in [3.05, 3.63) is 90.0 Å². The summed E-state index contributed by atoms with van der Waals surface area (Å²) in [5.74, 6) is 0.646. The predicted molar refractivity (Wildman–Crippen MR) is 162 cm³/mol. The summed E-state index contributed by atoms with van der Waals surface area (Å²) in [6.07, 6.45) is 0.729. The fraction of sp³-hybridized carbons (Fsp3) is 0.344. The molecular formula is C32H41N5O5. The number of hydrogen-bond donors (Lipinski definition) is 4. The highest BCUT2D eigenvalue weighted by Crippen LogP contribution is 2.28. The van der Waals surface area contributed by atoms with Gasteiger partial charge < -0.3 is 36.9 Å². The molecule has 2 atom stereocenters. The number of Topliss-reactive ketones (excluding diaryl/α,β-unsaturated/α-hetero) is 1. The number of nitrogens with zero attached hydrogens (tertiary/aromatic N) is 1. The summed E-state index contributed by atoms with van der Waals surface area (Å²) in [6.45, 7) is 1.18. The first-order chi connectivity index (χ1) is 20.3. The number of methoxy groups -OCH3 is 1. The molecule has 3 rings (SSSR count). The van der Waals surface area contributed by atoms with Crippen LogP contribution in [0, 0.1) is 0 Å². The van der Waals surface area contributed by atoms with Crippen LogP contribution < -0.4 is 32.0 Å². The number of para-hydroxylation sites is 1. The summed E-state index contributed by atoms with van der Waals surface area (Å²) < 4.78 is 11.4. The predicted octanol–water partition coefficient (Wildman–Crippen LogP) is 2.18. The first-order valence-corrected chi connectivity index (χ1v) is 14.0. The highest BCUT2D eigenvalue weighted by atomic mass is 16.5. The van der Waals surface area contributed by atoms with Gasteiger partial charge in [0.2, 0.25) is 11.8 Å². The van der Waals surface area contributed by atoms with E-state index in [1.54, 1.807) is 25.3 Å². The molecule has 0 radical (unpaired) electrons. The Balaban J connectivity index is 1.74. The Hall–Kier alpha value is -4.25. The van der Waals surface area contributed by atoms with Crippen molar-refractivity contribution in [2.75, 3.05) is 33.3 Å². The maximum atomic E-state index is 13.7. The maximum Gasteiger partial charge on any atom is 0.238 e. The molecule has 0 spiro atoms. The summed E-state index contributed by atoms with van der Waals surface area (Å²) in [5.41, 5.74) is 19.0. The summed E-state index contributed by atoms with van der Waals surface area (Å²) >= 11 is 0. The van der Waals surface area contributed by atoms with Crippen LogP contribution in [0.5, 0.6) is 17.2 Å². The van der Waals surface area contributed by atoms with E-state index in [4.69, 9.17) is 26.7 Å². The van der Waals surface area contributed by atoms with Gasteiger partial charge in [-0.1, -0.05) is 54.6 Å². The van der Waals surface area contributed by atoms with Crippen LogP contribution in [0.4, 0.5) is 0 Å². The summed E-state index contributed by atoms with van der Waals surface area (Å²) in [7, 11) is 1.58. The van der Waals surface area contributed by atoms with E-state index in [-0.39, 0.29) is 37.6 Å². The first-order valence-electron chi connectivity index (χ1n) is 14.0. The van der Waals surface area contributed by atoms with Crippen molar-refractivity contribution < 1.29 is 23.9 Å². The Bertz CT molecular complexity index is 1300. The molecular weight excluding hydrogens is 534 g/mol. The average molecular weight is 576 g/mol. The van der Waals surface area contributed by atoms with Gasteiger partial charge in [-0.2, -0.15) is 0 Å². The van der Waals surface area contributed by atoms with Crippen molar-refractivity contribution in [2.24, 2.45) is 17.2 Å². The lowest BCUT2D eigenvalue weighted by molar-refractivity contribution is -0.134. The number of amides is 2. The molecule has 7 N–H and O–H groups in total. The number of nitrogens with one attached hydrogen (secondary N) is 1. The molecule has 42 heavy (non-hydrogen) atoms. The second-order valence-corrected chi connectivity index (χ2v) is 9.89. The molecule has 0 aliphatic carbocycles. The van der Waals surface area contributed by atoms with Gasteiger partial charge in [0.25, 0.3) is 0 Å². The molecule has 0 saturated carbocycles. The van der Waals surface area contributed by atoms with Gasteiger partial charge in [-0.05, 0) is 36.6 Å². The number of benzene rings is 3. The smallest absolute Gasteiger partial charge is 0.238 e. The van der Waals surface area contributed by atoms with Gasteiger partial charge in [0, 0.05) is 44.2 Å². The molecule has 0 fully saturated rings. The monoisotopic (exact) mass is 575 g/mol. The Labute approximate surface area is 247 Å². The third-order valence-corrected chi connectivity index (χ3v) is 6.76. The minimum Gasteiger partial charge on any atom is -0.497 e. The van der Waals surface area contributed by atoms with Gasteiger partial charge in [0.05, 0.1) is 25.6 Å². The topological polar surface area (TPSA) is 163 Å². The van der Waals surface area contributed by atoms with Gasteiger partial charge in [0.1, 0.15) is 17.2 Å². The fourth-order valence-electron chi connectivity index (χ4n) is 4.48. The van der Waals surface area contributed by atoms with E-state index < -0.39 is 18.0 Å². The highest BCUT2D eigenvalue weighted by Gasteiger charge is 2.27. The Morgan fingerprint density at radius 1 is 0.881 bits per heavy atom. The zero-order valence-electron chi connectivity index (χ0n) is 24.0. The molecule has 2 amide bonds. The van der Waals surface area contributed by atoms with Crippen LogP contribution in [0.25, 0.3) is 0 Å². The van der Waals surface area contributed by atoms with Crippen molar-refractivity contribution in [2.45, 2.75) is 37.8 Å². The number of hydrogen-bond acceptors (Lipinski definition) is 8. The van der Waals surface area contributed by atoms with Crippen LogP contribution in [0.3, 0.4) is 0 Å². The number of rotatable bonds is 17. The third-order valence-electron chi connectivity index (χ3n) is 6.76. The quantitative estimate of drug-likeness (QED) is 0.190. The molecule has 224 valence electrons. The van der Waals surface area contributed by atoms with Crippen molar-refractivity contribution in [3.8, 4) is 17.2 Å². The van der Waals surface area contributed by atoms with E-state index in [9.17, 15) is 14.4 Å². The van der Waals surface area contributed by atoms with Crippen LogP contribution in [-0.2, 0) is 27.2 Å². The van der Waals surface area contributed by atoms with Crippen LogP contribution >= 0.6 is 0 Å². The molecule has 0 bridgehead atoms. The van der Waals surface area contributed by atoms with E-state index in [0.717, 1.165) is 5.56 Å². The zero-order chi connectivity index (χ0) is 30.3. The zero-order valence-corrected chi connectivity index (χ0v) is 24.0. The molecule has 10 nitrogen and oxygen atoms in total. The largest absolute Gasteiger partial charge is 0.497 e. The van der Waals surface area contributed by atoms with Crippen LogP contribution in [0.1, 0.15) is 24.0 Å². The lowest BCUT2D eigenvalue weighted by Gasteiger charge is -2.24. The Morgan fingerprint density at radius 3 is 2.24 bits per heavy atom. The van der Waals surface area contributed by atoms with Crippen molar-refractivity contribution in [1.29, 1.82) is 0 Å². The molecule has 0 aromatic heterocycles. The lowest BCUT2D eigenvalue weighted by Crippen LogP contribution is -2.51. The molecule has 0 aliphatic heterocycles. The second kappa shape index (κ2) is 16.9. The SMILES string of the molecule is COc1cccc(Oc2ccccc2CC(=O)[C@H](CCc2ccccc2)NC(=O)[C@@H](N)CC(=O)N(CCN)CCN)c1. The normalized spacial score (nSPS) is 12.2. The minimum absolute atomic E-state index is 0.0226. The molecule has 3 aromatic carbocycles. The van der Waals surface area contributed by atoms with Crippen LogP contribution in [0.15, 0.2) is 78.9 Å². The molecule has 0 saturated heterocycles. The Kier molecular flexibility index (Phi) is 13.0. The second-order valence-electron chi connectivity index (χ2n) is 9.89. The van der Waals surface area contributed by atoms with Gasteiger partial charge in [-0.3, -0.25) is 14.4 Å². The third kappa shape index (κ3) is 9.99. The molecule has 0 heterocycles. The molecule has 0 unspecified atom stereocenters. The van der Waals surface area contributed by atoms with Gasteiger partial charge in [0.15, 0.2) is 5.78 Å². The fourth-order valence-corrected chi connectivity index (χ4v) is 4.48. The number of ether oxygens (including phenoxy) is 2. The maximum absolute atomic E-state index is 13.7. The summed E-state index contributed by atoms with van der Waals surface area (Å²) in [6, 6.07) is 22.2. The summed E-state index contributed by atoms with van der Waals surface area (Å²) in [5, 5.41) is 2.81. The van der Waals surface area contributed by atoms with Crippen LogP contribution in [-0.4, -0.2) is 67.9 Å². The van der Waals surface area contributed by atoms with E-state index in [0.29, 0.717) is 48.7 Å². The van der Waals surface area contributed by atoms with Gasteiger partial charge in [-0.15, -0.1) is 0 Å². The molecule has 3 aromatic rings. The van der Waals surface area contributed by atoms with E-state index in [1.165, 1.54) is 4.90 Å². The lowest BCUT2D eigenvalue weighted by atomic mass is 9.97. The van der Waals surface area contributed by atoms with Gasteiger partial charge >= 0.3 is 0 Å². The molecule has 10 heteroatoms. The van der Waals surface area contributed by atoms with E-state index in [2.05, 4.69) is 5.32 Å². The Morgan fingerprint density at radius 2 is 1.55 bits per heavy atom. The average Bonchev–Trinajstić information content (AvgIpc) is 3.00. The number of nitrogens with two attached hydrogens (primary N) is 3. The summed E-state index contributed by atoms with van der Waals surface area (Å²) in [4.78, 5) is 41.0. The number of ketones is 1. The van der Waals surface area contributed by atoms with Crippen LogP contribution in [0.2, 0.25) is 0 Å².